The van der Waals surface area contributed by atoms with Gasteiger partial charge in [-0.25, -0.2) is 4.79 Å². The molecule has 13 heteroatoms. The second-order valence-electron chi connectivity index (χ2n) is 6.55. The monoisotopic (exact) mass is 435 g/mol. The lowest BCUT2D eigenvalue weighted by Gasteiger charge is -2.21. The SMILES string of the molecule is CCN1C(=O)C(CC(=O)Nc2ccc([N+](=O)[O-])cc2)N(Cc2c(=O)o[nH][n+]2C)C1=S. The Morgan fingerprint density at radius 3 is 2.57 bits per heavy atom. The Hall–Kier alpha value is -3.61. The third-order valence-electron chi connectivity index (χ3n) is 4.70. The predicted octanol–water partition coefficient (Wildman–Crippen LogP) is 0.0470. The number of aromatic nitrogens is 2. The number of nitro benzene ring substituents is 1. The van der Waals surface area contributed by atoms with Crippen molar-refractivity contribution >= 4 is 40.5 Å². The molecule has 0 saturated carbocycles. The number of aryl methyl sites for hydroxylation is 1. The molecule has 1 aliphatic rings. The number of thiocarbonyl (C=S) groups is 1. The van der Waals surface area contributed by atoms with Crippen LogP contribution < -0.4 is 15.6 Å². The smallest absolute Gasteiger partial charge is 0.326 e. The highest BCUT2D eigenvalue weighted by atomic mass is 32.1. The largest absolute Gasteiger partial charge is 0.431 e. The average molecular weight is 435 g/mol. The van der Waals surface area contributed by atoms with Crippen molar-refractivity contribution in [1.82, 2.24) is 15.1 Å². The van der Waals surface area contributed by atoms with Crippen molar-refractivity contribution in [3.8, 4) is 0 Å². The molecule has 3 rings (SSSR count). The highest BCUT2D eigenvalue weighted by Crippen LogP contribution is 2.23. The van der Waals surface area contributed by atoms with Gasteiger partial charge in [0.15, 0.2) is 12.2 Å². The van der Waals surface area contributed by atoms with E-state index in [-0.39, 0.29) is 35.4 Å². The van der Waals surface area contributed by atoms with Crippen LogP contribution in [-0.4, -0.2) is 49.5 Å². The zero-order valence-corrected chi connectivity index (χ0v) is 17.0. The summed E-state index contributed by atoms with van der Waals surface area (Å²) in [5.74, 6) is -0.817. The van der Waals surface area contributed by atoms with Crippen molar-refractivity contribution in [2.45, 2.75) is 25.9 Å². The minimum Gasteiger partial charge on any atom is -0.326 e. The van der Waals surface area contributed by atoms with Crippen LogP contribution >= 0.6 is 12.2 Å². The van der Waals surface area contributed by atoms with Gasteiger partial charge in [0.1, 0.15) is 12.6 Å². The molecule has 1 fully saturated rings. The van der Waals surface area contributed by atoms with Crippen LogP contribution in [0.15, 0.2) is 33.6 Å². The first-order chi connectivity index (χ1) is 14.2. The molecule has 0 radical (unpaired) electrons. The molecule has 1 saturated heterocycles. The Balaban J connectivity index is 1.77. The molecule has 0 bridgehead atoms. The van der Waals surface area contributed by atoms with Gasteiger partial charge in [-0.05, 0) is 36.5 Å². The molecule has 1 aromatic heterocycles. The fourth-order valence-corrected chi connectivity index (χ4v) is 3.52. The maximum Gasteiger partial charge on any atom is 0.431 e. The molecular formula is C17H19N6O6S+. The summed E-state index contributed by atoms with van der Waals surface area (Å²) in [4.78, 5) is 50.3. The summed E-state index contributed by atoms with van der Waals surface area (Å²) in [6.07, 6.45) is -0.216. The second-order valence-corrected chi connectivity index (χ2v) is 6.92. The number of hydrogen-bond acceptors (Lipinski definition) is 7. The highest BCUT2D eigenvalue weighted by molar-refractivity contribution is 7.80. The normalized spacial score (nSPS) is 16.3. The van der Waals surface area contributed by atoms with E-state index >= 15 is 0 Å². The van der Waals surface area contributed by atoms with Gasteiger partial charge in [0, 0.05) is 24.4 Å². The Morgan fingerprint density at radius 1 is 1.37 bits per heavy atom. The molecule has 1 aliphatic heterocycles. The van der Waals surface area contributed by atoms with E-state index < -0.39 is 22.5 Å². The number of non-ortho nitro benzene ring substituents is 1. The Labute approximate surface area is 175 Å². The van der Waals surface area contributed by atoms with E-state index in [4.69, 9.17) is 16.7 Å². The molecule has 1 aromatic carbocycles. The van der Waals surface area contributed by atoms with Crippen LogP contribution in [0.4, 0.5) is 11.4 Å². The molecule has 2 heterocycles. The number of likely N-dealkylation sites (N-methyl/N-ethyl adjacent to an activating group) is 1. The maximum absolute atomic E-state index is 12.8. The summed E-state index contributed by atoms with van der Waals surface area (Å²) in [7, 11) is 1.58. The zero-order chi connectivity index (χ0) is 22.0. The van der Waals surface area contributed by atoms with Crippen molar-refractivity contribution in [2.75, 3.05) is 11.9 Å². The van der Waals surface area contributed by atoms with Crippen LogP contribution in [0.25, 0.3) is 0 Å². The first-order valence-corrected chi connectivity index (χ1v) is 9.36. The number of carbonyl (C=O) groups is 2. The summed E-state index contributed by atoms with van der Waals surface area (Å²) >= 11 is 5.38. The summed E-state index contributed by atoms with van der Waals surface area (Å²) in [6.45, 7) is 2.06. The van der Waals surface area contributed by atoms with E-state index in [0.29, 0.717) is 12.2 Å². The van der Waals surface area contributed by atoms with Gasteiger partial charge in [0.25, 0.3) is 11.6 Å². The van der Waals surface area contributed by atoms with Crippen LogP contribution in [0.3, 0.4) is 0 Å². The molecular weight excluding hydrogens is 416 g/mol. The first-order valence-electron chi connectivity index (χ1n) is 8.95. The van der Waals surface area contributed by atoms with Gasteiger partial charge in [0.2, 0.25) is 5.91 Å². The van der Waals surface area contributed by atoms with E-state index in [9.17, 15) is 24.5 Å². The van der Waals surface area contributed by atoms with Crippen molar-refractivity contribution in [1.29, 1.82) is 0 Å². The molecule has 2 amide bonds. The third kappa shape index (κ3) is 4.05. The number of benzene rings is 1. The molecule has 30 heavy (non-hydrogen) atoms. The molecule has 0 aliphatic carbocycles. The lowest BCUT2D eigenvalue weighted by molar-refractivity contribution is -0.746. The number of rotatable bonds is 7. The summed E-state index contributed by atoms with van der Waals surface area (Å²) < 4.78 is 6.10. The summed E-state index contributed by atoms with van der Waals surface area (Å²) in [5, 5.41) is 16.0. The predicted molar refractivity (Wildman–Crippen MR) is 106 cm³/mol. The highest BCUT2D eigenvalue weighted by Gasteiger charge is 2.44. The minimum atomic E-state index is -0.898. The zero-order valence-electron chi connectivity index (χ0n) is 16.2. The minimum absolute atomic E-state index is 0.0150. The molecule has 2 aromatic rings. The number of nitro groups is 1. The first kappa shape index (κ1) is 21.1. The van der Waals surface area contributed by atoms with Gasteiger partial charge in [-0.3, -0.25) is 29.1 Å². The van der Waals surface area contributed by atoms with E-state index in [1.807, 2.05) is 0 Å². The van der Waals surface area contributed by atoms with Crippen LogP contribution in [0.5, 0.6) is 0 Å². The number of aromatic amines is 1. The van der Waals surface area contributed by atoms with Crippen molar-refractivity contribution in [3.05, 3.63) is 50.5 Å². The van der Waals surface area contributed by atoms with Crippen LogP contribution in [-0.2, 0) is 23.2 Å². The number of amides is 2. The number of H-pyrrole nitrogens is 1. The fraction of sp³-hybridized carbons (Fsp3) is 0.353. The Bertz CT molecular complexity index is 1060. The van der Waals surface area contributed by atoms with Gasteiger partial charge >= 0.3 is 11.3 Å². The quantitative estimate of drug-likeness (QED) is 0.268. The van der Waals surface area contributed by atoms with Gasteiger partial charge in [-0.2, -0.15) is 0 Å². The number of nitrogens with one attached hydrogen (secondary N) is 2. The Morgan fingerprint density at radius 2 is 2.03 bits per heavy atom. The Kier molecular flexibility index (Phi) is 5.91. The standard InChI is InChI=1S/C17H18N6O6S/c1-3-21-15(25)12(22(17(21)30)9-13-16(26)29-19-20(13)2)8-14(24)18-10-4-6-11(7-5-10)23(27)28/h4-7,12H,3,8-9H2,1-2H3,(H-,18,19,24,26)/p+1. The molecule has 1 atom stereocenters. The molecule has 2 N–H and O–H groups in total. The summed E-state index contributed by atoms with van der Waals surface area (Å²) in [5.41, 5.74) is -0.108. The lowest BCUT2D eigenvalue weighted by atomic mass is 10.1. The van der Waals surface area contributed by atoms with Gasteiger partial charge in [0.05, 0.1) is 11.3 Å². The fourth-order valence-electron chi connectivity index (χ4n) is 3.11. The van der Waals surface area contributed by atoms with E-state index in [0.717, 1.165) is 0 Å². The van der Waals surface area contributed by atoms with Crippen LogP contribution in [0, 0.1) is 10.1 Å². The molecule has 1 unspecified atom stereocenters. The number of hydrogen-bond donors (Lipinski definition) is 2. The van der Waals surface area contributed by atoms with Gasteiger partial charge in [-0.15, -0.1) is 0 Å². The van der Waals surface area contributed by atoms with Crippen LogP contribution in [0.2, 0.25) is 0 Å². The third-order valence-corrected chi connectivity index (χ3v) is 5.15. The molecule has 12 nitrogen and oxygen atoms in total. The van der Waals surface area contributed by atoms with Crippen molar-refractivity contribution in [3.63, 3.8) is 0 Å². The number of nitrogens with zero attached hydrogens (tertiary/aromatic N) is 4. The average Bonchev–Trinajstić information content (AvgIpc) is 3.13. The van der Waals surface area contributed by atoms with Crippen molar-refractivity contribution < 1.29 is 23.7 Å². The maximum atomic E-state index is 12.8. The molecule has 0 spiro atoms. The van der Waals surface area contributed by atoms with Gasteiger partial charge < -0.3 is 10.2 Å². The van der Waals surface area contributed by atoms with E-state index in [1.165, 1.54) is 38.7 Å². The number of carbonyl (C=O) groups excluding carboxylic acids is 2. The van der Waals surface area contributed by atoms with Gasteiger partial charge in [-0.1, -0.05) is 4.68 Å². The second kappa shape index (κ2) is 8.41. The lowest BCUT2D eigenvalue weighted by Crippen LogP contribution is -2.44. The number of anilines is 1. The van der Waals surface area contributed by atoms with Crippen LogP contribution in [0.1, 0.15) is 19.0 Å². The van der Waals surface area contributed by atoms with E-state index in [1.54, 1.807) is 14.0 Å². The van der Waals surface area contributed by atoms with Crippen molar-refractivity contribution in [2.24, 2.45) is 7.05 Å². The topological polar surface area (TPSA) is 146 Å². The molecule has 158 valence electrons. The summed E-state index contributed by atoms with van der Waals surface area (Å²) in [6, 6.07) is 4.44. The van der Waals surface area contributed by atoms with E-state index in [2.05, 4.69) is 10.6 Å².